The summed E-state index contributed by atoms with van der Waals surface area (Å²) >= 11 is 5.95. The molecular formula is C16H24ClNO. The Morgan fingerprint density at radius 1 is 1.26 bits per heavy atom. The summed E-state index contributed by atoms with van der Waals surface area (Å²) in [6, 6.07) is 8.72. The molecule has 1 fully saturated rings. The van der Waals surface area contributed by atoms with Crippen molar-refractivity contribution in [1.82, 2.24) is 5.32 Å². The molecule has 3 unspecified atom stereocenters. The van der Waals surface area contributed by atoms with Crippen molar-refractivity contribution < 1.29 is 5.11 Å². The maximum absolute atomic E-state index is 9.85. The van der Waals surface area contributed by atoms with Crippen LogP contribution in [-0.4, -0.2) is 17.3 Å². The highest BCUT2D eigenvalue weighted by atomic mass is 35.5. The molecule has 0 heterocycles. The Bertz CT molecular complexity index is 427. The van der Waals surface area contributed by atoms with Crippen molar-refractivity contribution in [3.05, 3.63) is 34.9 Å². The minimum absolute atomic E-state index is 0.0421. The van der Waals surface area contributed by atoms with Gasteiger partial charge in [0, 0.05) is 22.5 Å². The van der Waals surface area contributed by atoms with Crippen LogP contribution in [0.15, 0.2) is 24.3 Å². The van der Waals surface area contributed by atoms with Gasteiger partial charge in [0.1, 0.15) is 0 Å². The van der Waals surface area contributed by atoms with Gasteiger partial charge in [-0.2, -0.15) is 0 Å². The van der Waals surface area contributed by atoms with Crippen LogP contribution in [-0.2, 0) is 0 Å². The van der Waals surface area contributed by atoms with Crippen LogP contribution in [0.3, 0.4) is 0 Å². The number of halogens is 1. The number of aliphatic hydroxyl groups excluding tert-OH is 1. The topological polar surface area (TPSA) is 32.3 Å². The average molecular weight is 282 g/mol. The smallest absolute Gasteiger partial charge is 0.0621 e. The molecule has 3 atom stereocenters. The summed E-state index contributed by atoms with van der Waals surface area (Å²) < 4.78 is 0. The first-order valence-corrected chi connectivity index (χ1v) is 7.39. The summed E-state index contributed by atoms with van der Waals surface area (Å²) in [5.74, 6) is 0.495. The van der Waals surface area contributed by atoms with Crippen LogP contribution < -0.4 is 5.32 Å². The lowest BCUT2D eigenvalue weighted by atomic mass is 9.64. The number of benzene rings is 1. The standard InChI is InChI=1S/C16H24ClNO/c1-10(2)15(11-5-7-12(17)8-6-11)18-13-9-14(19)16(13,3)4/h5-8,10,13-15,18-19H,9H2,1-4H3. The van der Waals surface area contributed by atoms with Crippen molar-refractivity contribution in [2.24, 2.45) is 11.3 Å². The maximum Gasteiger partial charge on any atom is 0.0621 e. The zero-order valence-electron chi connectivity index (χ0n) is 12.2. The third kappa shape index (κ3) is 2.96. The van der Waals surface area contributed by atoms with Crippen LogP contribution in [0.5, 0.6) is 0 Å². The van der Waals surface area contributed by atoms with E-state index in [9.17, 15) is 5.11 Å². The van der Waals surface area contributed by atoms with Gasteiger partial charge in [-0.05, 0) is 30.0 Å². The van der Waals surface area contributed by atoms with Gasteiger partial charge < -0.3 is 10.4 Å². The average Bonchev–Trinajstić information content (AvgIpc) is 2.35. The molecule has 0 aromatic heterocycles. The molecular weight excluding hydrogens is 258 g/mol. The fourth-order valence-electron chi connectivity index (χ4n) is 2.75. The van der Waals surface area contributed by atoms with Gasteiger partial charge in [-0.3, -0.25) is 0 Å². The highest BCUT2D eigenvalue weighted by Crippen LogP contribution is 2.42. The quantitative estimate of drug-likeness (QED) is 0.880. The van der Waals surface area contributed by atoms with Gasteiger partial charge in [-0.25, -0.2) is 0 Å². The van der Waals surface area contributed by atoms with E-state index >= 15 is 0 Å². The minimum atomic E-state index is -0.192. The molecule has 1 aliphatic rings. The molecule has 19 heavy (non-hydrogen) atoms. The second kappa shape index (κ2) is 5.43. The fraction of sp³-hybridized carbons (Fsp3) is 0.625. The Morgan fingerprint density at radius 3 is 2.26 bits per heavy atom. The fourth-order valence-corrected chi connectivity index (χ4v) is 2.87. The van der Waals surface area contributed by atoms with E-state index in [1.165, 1.54) is 5.56 Å². The molecule has 2 nitrogen and oxygen atoms in total. The van der Waals surface area contributed by atoms with Crippen molar-refractivity contribution in [3.63, 3.8) is 0 Å². The molecule has 0 aliphatic heterocycles. The van der Waals surface area contributed by atoms with E-state index in [2.05, 4.69) is 45.1 Å². The largest absolute Gasteiger partial charge is 0.392 e. The first-order chi connectivity index (χ1) is 8.82. The van der Waals surface area contributed by atoms with E-state index < -0.39 is 0 Å². The van der Waals surface area contributed by atoms with E-state index in [0.29, 0.717) is 18.0 Å². The Labute approximate surface area is 121 Å². The summed E-state index contributed by atoms with van der Waals surface area (Å²) in [5.41, 5.74) is 1.22. The van der Waals surface area contributed by atoms with Crippen molar-refractivity contribution in [2.45, 2.75) is 52.3 Å². The van der Waals surface area contributed by atoms with Crippen LogP contribution in [0.25, 0.3) is 0 Å². The van der Waals surface area contributed by atoms with Gasteiger partial charge in [0.15, 0.2) is 0 Å². The van der Waals surface area contributed by atoms with Gasteiger partial charge >= 0.3 is 0 Å². The van der Waals surface area contributed by atoms with E-state index in [-0.39, 0.29) is 11.5 Å². The molecule has 106 valence electrons. The Hall–Kier alpha value is -0.570. The van der Waals surface area contributed by atoms with E-state index in [1.807, 2.05) is 12.1 Å². The van der Waals surface area contributed by atoms with E-state index in [0.717, 1.165) is 11.4 Å². The molecule has 0 spiro atoms. The van der Waals surface area contributed by atoms with Gasteiger partial charge in [-0.15, -0.1) is 0 Å². The molecule has 0 radical (unpaired) electrons. The summed E-state index contributed by atoms with van der Waals surface area (Å²) in [5, 5.41) is 14.3. The highest BCUT2D eigenvalue weighted by Gasteiger charge is 2.47. The molecule has 0 bridgehead atoms. The van der Waals surface area contributed by atoms with Crippen LogP contribution in [0.2, 0.25) is 5.02 Å². The third-order valence-electron chi connectivity index (χ3n) is 4.49. The number of hydrogen-bond acceptors (Lipinski definition) is 2. The van der Waals surface area contributed by atoms with Crippen LogP contribution >= 0.6 is 11.6 Å². The number of aliphatic hydroxyl groups is 1. The second-order valence-corrected chi connectivity index (χ2v) is 7.00. The zero-order chi connectivity index (χ0) is 14.2. The normalized spacial score (nSPS) is 27.1. The maximum atomic E-state index is 9.85. The first kappa shape index (κ1) is 14.8. The van der Waals surface area contributed by atoms with E-state index in [4.69, 9.17) is 11.6 Å². The van der Waals surface area contributed by atoms with Gasteiger partial charge in [-0.1, -0.05) is 51.4 Å². The van der Waals surface area contributed by atoms with Crippen LogP contribution in [0, 0.1) is 11.3 Å². The van der Waals surface area contributed by atoms with Crippen molar-refractivity contribution in [2.75, 3.05) is 0 Å². The lowest BCUT2D eigenvalue weighted by Gasteiger charge is -2.51. The molecule has 1 aliphatic carbocycles. The third-order valence-corrected chi connectivity index (χ3v) is 4.74. The van der Waals surface area contributed by atoms with Crippen molar-refractivity contribution >= 4 is 11.6 Å². The molecule has 3 heteroatoms. The molecule has 0 amide bonds. The second-order valence-electron chi connectivity index (χ2n) is 6.57. The van der Waals surface area contributed by atoms with Crippen LogP contribution in [0.4, 0.5) is 0 Å². The number of hydrogen-bond donors (Lipinski definition) is 2. The predicted molar refractivity (Wildman–Crippen MR) is 80.4 cm³/mol. The first-order valence-electron chi connectivity index (χ1n) is 7.02. The molecule has 0 saturated heterocycles. The lowest BCUT2D eigenvalue weighted by molar-refractivity contribution is -0.0777. The number of nitrogens with one attached hydrogen (secondary N) is 1. The summed E-state index contributed by atoms with van der Waals surface area (Å²) in [6.07, 6.45) is 0.645. The van der Waals surface area contributed by atoms with Crippen LogP contribution in [0.1, 0.15) is 45.7 Å². The van der Waals surface area contributed by atoms with Crippen molar-refractivity contribution in [1.29, 1.82) is 0 Å². The van der Waals surface area contributed by atoms with Gasteiger partial charge in [0.25, 0.3) is 0 Å². The predicted octanol–water partition coefficient (Wildman–Crippen LogP) is 3.79. The minimum Gasteiger partial charge on any atom is -0.392 e. The molecule has 2 N–H and O–H groups in total. The van der Waals surface area contributed by atoms with Crippen molar-refractivity contribution in [3.8, 4) is 0 Å². The summed E-state index contributed by atoms with van der Waals surface area (Å²) in [7, 11) is 0. The van der Waals surface area contributed by atoms with E-state index in [1.54, 1.807) is 0 Å². The molecule has 1 aromatic rings. The Morgan fingerprint density at radius 2 is 1.84 bits per heavy atom. The molecule has 2 rings (SSSR count). The molecule has 1 saturated carbocycles. The zero-order valence-corrected chi connectivity index (χ0v) is 12.9. The lowest BCUT2D eigenvalue weighted by Crippen LogP contribution is -2.60. The monoisotopic (exact) mass is 281 g/mol. The SMILES string of the molecule is CC(C)C(NC1CC(O)C1(C)C)c1ccc(Cl)cc1. The Kier molecular flexibility index (Phi) is 4.24. The summed E-state index contributed by atoms with van der Waals surface area (Å²) in [6.45, 7) is 8.68. The van der Waals surface area contributed by atoms with Gasteiger partial charge in [0.05, 0.1) is 6.10 Å². The highest BCUT2D eigenvalue weighted by molar-refractivity contribution is 6.30. The Balaban J connectivity index is 2.12. The summed E-state index contributed by atoms with van der Waals surface area (Å²) in [4.78, 5) is 0. The molecule has 1 aromatic carbocycles. The van der Waals surface area contributed by atoms with Gasteiger partial charge in [0.2, 0.25) is 0 Å². The number of rotatable bonds is 4.